The van der Waals surface area contributed by atoms with Crippen LogP contribution in [0.15, 0.2) is 35.1 Å². The van der Waals surface area contributed by atoms with Crippen molar-refractivity contribution in [1.29, 1.82) is 0 Å². The number of nitrogens with zero attached hydrogens (tertiary/aromatic N) is 1. The molecule has 7 heteroatoms. The molecule has 1 aromatic carbocycles. The van der Waals surface area contributed by atoms with Gasteiger partial charge in [-0.2, -0.15) is 0 Å². The van der Waals surface area contributed by atoms with Gasteiger partial charge in [-0.1, -0.05) is 12.1 Å². The minimum absolute atomic E-state index is 0.0884. The first-order valence-electron chi connectivity index (χ1n) is 7.67. The van der Waals surface area contributed by atoms with Crippen LogP contribution in [0.2, 0.25) is 0 Å². The number of thiophene rings is 1. The number of halogens is 1. The smallest absolute Gasteiger partial charge is 0.268 e. The van der Waals surface area contributed by atoms with Crippen molar-refractivity contribution < 1.29 is 13.9 Å². The molecule has 1 aliphatic rings. The third-order valence-corrected chi connectivity index (χ3v) is 5.04. The summed E-state index contributed by atoms with van der Waals surface area (Å²) in [6.45, 7) is 1.67. The van der Waals surface area contributed by atoms with Gasteiger partial charge in [0.05, 0.1) is 31.4 Å². The van der Waals surface area contributed by atoms with Crippen LogP contribution in [0.3, 0.4) is 0 Å². The molecule has 24 heavy (non-hydrogen) atoms. The van der Waals surface area contributed by atoms with Crippen molar-refractivity contribution in [3.63, 3.8) is 0 Å². The Labute approximate surface area is 141 Å². The lowest BCUT2D eigenvalue weighted by molar-refractivity contribution is -0.0878. The highest BCUT2D eigenvalue weighted by Crippen LogP contribution is 2.30. The van der Waals surface area contributed by atoms with Gasteiger partial charge in [0.25, 0.3) is 5.56 Å². The first kappa shape index (κ1) is 15.4. The Balaban J connectivity index is 1.67. The Hall–Kier alpha value is -2.09. The molecule has 4 rings (SSSR count). The summed E-state index contributed by atoms with van der Waals surface area (Å²) in [5.41, 5.74) is 1.35. The zero-order chi connectivity index (χ0) is 16.5. The second-order valence-corrected chi connectivity index (χ2v) is 6.67. The number of H-pyrrole nitrogens is 1. The monoisotopic (exact) mass is 346 g/mol. The van der Waals surface area contributed by atoms with Gasteiger partial charge >= 0.3 is 0 Å². The number of rotatable bonds is 3. The summed E-state index contributed by atoms with van der Waals surface area (Å²) >= 11 is 1.35. The average Bonchev–Trinajstić information content (AvgIpc) is 3.01. The zero-order valence-corrected chi connectivity index (χ0v) is 13.6. The topological polar surface area (TPSA) is 64.2 Å². The Bertz CT molecular complexity index is 914. The number of hydrogen-bond donors (Lipinski definition) is 1. The molecule has 1 aliphatic heterocycles. The van der Waals surface area contributed by atoms with Crippen LogP contribution in [-0.4, -0.2) is 35.9 Å². The largest absolute Gasteiger partial charge is 0.376 e. The summed E-state index contributed by atoms with van der Waals surface area (Å²) in [5, 5.41) is 0. The van der Waals surface area contributed by atoms with Crippen molar-refractivity contribution in [3.05, 3.63) is 52.3 Å². The first-order chi connectivity index (χ1) is 11.7. The van der Waals surface area contributed by atoms with Gasteiger partial charge in [0.2, 0.25) is 0 Å². The maximum atomic E-state index is 13.1. The van der Waals surface area contributed by atoms with Crippen LogP contribution in [-0.2, 0) is 15.9 Å². The van der Waals surface area contributed by atoms with E-state index in [4.69, 9.17) is 9.47 Å². The summed E-state index contributed by atoms with van der Waals surface area (Å²) in [4.78, 5) is 20.6. The van der Waals surface area contributed by atoms with Crippen LogP contribution in [0.5, 0.6) is 0 Å². The molecule has 124 valence electrons. The molecule has 3 aromatic rings. The summed E-state index contributed by atoms with van der Waals surface area (Å²) in [6.07, 6.45) is 0.418. The lowest BCUT2D eigenvalue weighted by atomic mass is 10.2. The molecule has 1 fully saturated rings. The van der Waals surface area contributed by atoms with Crippen LogP contribution >= 0.6 is 11.3 Å². The highest BCUT2D eigenvalue weighted by molar-refractivity contribution is 7.22. The SMILES string of the molecule is O=c1[nH]c(CC2COCCO2)nc2cc(-c3ccc(F)cc3)sc12. The maximum absolute atomic E-state index is 13.1. The van der Waals surface area contributed by atoms with Crippen LogP contribution in [0.4, 0.5) is 4.39 Å². The second-order valence-electron chi connectivity index (χ2n) is 5.62. The van der Waals surface area contributed by atoms with E-state index in [0.717, 1.165) is 10.4 Å². The molecule has 1 N–H and O–H groups in total. The molecule has 0 spiro atoms. The Morgan fingerprint density at radius 3 is 2.88 bits per heavy atom. The van der Waals surface area contributed by atoms with Crippen LogP contribution in [0.1, 0.15) is 5.82 Å². The summed E-state index contributed by atoms with van der Waals surface area (Å²) < 4.78 is 24.6. The van der Waals surface area contributed by atoms with Crippen molar-refractivity contribution in [2.24, 2.45) is 0 Å². The van der Waals surface area contributed by atoms with Gasteiger partial charge in [-0.05, 0) is 23.8 Å². The standard InChI is InChI=1S/C17H15FN2O3S/c18-11-3-1-10(2-4-11)14-8-13-16(24-14)17(21)20-15(19-13)7-12-9-22-5-6-23-12/h1-4,8,12H,5-7,9H2,(H,19,20,21). The second kappa shape index (κ2) is 6.43. The average molecular weight is 346 g/mol. The van der Waals surface area contributed by atoms with E-state index in [-0.39, 0.29) is 17.5 Å². The lowest BCUT2D eigenvalue weighted by Crippen LogP contribution is -2.31. The Kier molecular flexibility index (Phi) is 4.13. The molecule has 2 aromatic heterocycles. The molecule has 0 aliphatic carbocycles. The van der Waals surface area contributed by atoms with E-state index in [1.54, 1.807) is 12.1 Å². The molecular weight excluding hydrogens is 331 g/mol. The van der Waals surface area contributed by atoms with Gasteiger partial charge in [0, 0.05) is 11.3 Å². The molecule has 1 atom stereocenters. The zero-order valence-electron chi connectivity index (χ0n) is 12.8. The minimum Gasteiger partial charge on any atom is -0.376 e. The van der Waals surface area contributed by atoms with E-state index in [9.17, 15) is 9.18 Å². The predicted octanol–water partition coefficient (Wildman–Crippen LogP) is 2.75. The van der Waals surface area contributed by atoms with Gasteiger partial charge in [0.15, 0.2) is 0 Å². The van der Waals surface area contributed by atoms with E-state index >= 15 is 0 Å². The molecule has 0 radical (unpaired) electrons. The highest BCUT2D eigenvalue weighted by Gasteiger charge is 2.17. The van der Waals surface area contributed by atoms with Crippen LogP contribution < -0.4 is 5.56 Å². The summed E-state index contributed by atoms with van der Waals surface area (Å²) in [7, 11) is 0. The molecule has 1 saturated heterocycles. The molecule has 1 unspecified atom stereocenters. The third-order valence-electron chi connectivity index (χ3n) is 3.87. The van der Waals surface area contributed by atoms with Gasteiger partial charge in [-0.3, -0.25) is 4.79 Å². The number of nitrogens with one attached hydrogen (secondary N) is 1. The van der Waals surface area contributed by atoms with Gasteiger partial charge in [0.1, 0.15) is 16.3 Å². The van der Waals surface area contributed by atoms with Crippen molar-refractivity contribution in [1.82, 2.24) is 9.97 Å². The minimum atomic E-state index is -0.284. The number of fused-ring (bicyclic) bond motifs is 1. The Morgan fingerprint density at radius 1 is 1.29 bits per heavy atom. The van der Waals surface area contributed by atoms with E-state index < -0.39 is 0 Å². The molecule has 3 heterocycles. The molecule has 0 bridgehead atoms. The number of hydrogen-bond acceptors (Lipinski definition) is 5. The number of ether oxygens (including phenoxy) is 2. The number of benzene rings is 1. The lowest BCUT2D eigenvalue weighted by Gasteiger charge is -2.22. The van der Waals surface area contributed by atoms with E-state index in [0.29, 0.717) is 42.3 Å². The molecule has 5 nitrogen and oxygen atoms in total. The molecule has 0 saturated carbocycles. The highest BCUT2D eigenvalue weighted by atomic mass is 32.1. The first-order valence-corrected chi connectivity index (χ1v) is 8.49. The Morgan fingerprint density at radius 2 is 2.12 bits per heavy atom. The predicted molar refractivity (Wildman–Crippen MR) is 89.9 cm³/mol. The number of aromatic amines is 1. The molecule has 0 amide bonds. The normalized spacial score (nSPS) is 18.1. The van der Waals surface area contributed by atoms with Crippen LogP contribution in [0.25, 0.3) is 20.7 Å². The van der Waals surface area contributed by atoms with Crippen molar-refractivity contribution in [2.75, 3.05) is 19.8 Å². The third kappa shape index (κ3) is 3.10. The molecular formula is C17H15FN2O3S. The van der Waals surface area contributed by atoms with E-state index in [2.05, 4.69) is 9.97 Å². The summed E-state index contributed by atoms with van der Waals surface area (Å²) in [5.74, 6) is 0.305. The fourth-order valence-electron chi connectivity index (χ4n) is 2.71. The van der Waals surface area contributed by atoms with Crippen molar-refractivity contribution in [3.8, 4) is 10.4 Å². The van der Waals surface area contributed by atoms with Crippen molar-refractivity contribution in [2.45, 2.75) is 12.5 Å². The van der Waals surface area contributed by atoms with Crippen LogP contribution in [0, 0.1) is 5.82 Å². The van der Waals surface area contributed by atoms with Gasteiger partial charge in [-0.15, -0.1) is 11.3 Å². The van der Waals surface area contributed by atoms with Crippen molar-refractivity contribution >= 4 is 21.6 Å². The number of aromatic nitrogens is 2. The van der Waals surface area contributed by atoms with Gasteiger partial charge < -0.3 is 14.5 Å². The quantitative estimate of drug-likeness (QED) is 0.792. The fourth-order valence-corrected chi connectivity index (χ4v) is 3.71. The van der Waals surface area contributed by atoms with E-state index in [1.165, 1.54) is 23.5 Å². The van der Waals surface area contributed by atoms with E-state index in [1.807, 2.05) is 6.07 Å². The van der Waals surface area contributed by atoms with Gasteiger partial charge in [-0.25, -0.2) is 9.37 Å². The summed E-state index contributed by atoms with van der Waals surface area (Å²) in [6, 6.07) is 8.07. The maximum Gasteiger partial charge on any atom is 0.268 e. The fraction of sp³-hybridized carbons (Fsp3) is 0.294.